The Balaban J connectivity index is 1.67. The zero-order chi connectivity index (χ0) is 18.7. The van der Waals surface area contributed by atoms with Gasteiger partial charge in [0.25, 0.3) is 5.91 Å². The van der Waals surface area contributed by atoms with Crippen molar-refractivity contribution >= 4 is 29.1 Å². The number of anilines is 2. The van der Waals surface area contributed by atoms with Crippen molar-refractivity contribution in [2.75, 3.05) is 23.8 Å². The van der Waals surface area contributed by atoms with E-state index in [1.165, 1.54) is 24.1 Å². The summed E-state index contributed by atoms with van der Waals surface area (Å²) in [4.78, 5) is 37.4. The second-order valence-corrected chi connectivity index (χ2v) is 6.00. The number of amides is 3. The maximum atomic E-state index is 13.9. The van der Waals surface area contributed by atoms with Crippen molar-refractivity contribution in [3.63, 3.8) is 0 Å². The van der Waals surface area contributed by atoms with Gasteiger partial charge >= 0.3 is 0 Å². The van der Waals surface area contributed by atoms with Crippen LogP contribution in [0.25, 0.3) is 0 Å². The molecule has 2 aromatic rings. The number of rotatable bonds is 4. The van der Waals surface area contributed by atoms with Gasteiger partial charge < -0.3 is 15.5 Å². The van der Waals surface area contributed by atoms with E-state index in [4.69, 9.17) is 0 Å². The second-order valence-electron chi connectivity index (χ2n) is 6.00. The average molecular weight is 355 g/mol. The maximum Gasteiger partial charge on any atom is 0.251 e. The summed E-state index contributed by atoms with van der Waals surface area (Å²) >= 11 is 0. The van der Waals surface area contributed by atoms with Gasteiger partial charge in [0.1, 0.15) is 5.82 Å². The molecule has 26 heavy (non-hydrogen) atoms. The Hall–Kier alpha value is -3.22. The highest BCUT2D eigenvalue weighted by Gasteiger charge is 2.36. The van der Waals surface area contributed by atoms with E-state index >= 15 is 0 Å². The fraction of sp³-hybridized carbons (Fsp3) is 0.211. The van der Waals surface area contributed by atoms with E-state index in [0.717, 1.165) is 0 Å². The minimum Gasteiger partial charge on any atom is -0.355 e. The van der Waals surface area contributed by atoms with Gasteiger partial charge in [0.05, 0.1) is 11.6 Å². The number of carbonyl (C=O) groups is 3. The molecule has 2 aromatic carbocycles. The third-order valence-electron chi connectivity index (χ3n) is 4.28. The van der Waals surface area contributed by atoms with Crippen LogP contribution >= 0.6 is 0 Å². The summed E-state index contributed by atoms with van der Waals surface area (Å²) in [5.41, 5.74) is 1.19. The highest BCUT2D eigenvalue weighted by molar-refractivity contribution is 6.03. The topological polar surface area (TPSA) is 78.5 Å². The Labute approximate surface area is 150 Å². The second kappa shape index (κ2) is 7.35. The number of halogens is 1. The van der Waals surface area contributed by atoms with E-state index in [0.29, 0.717) is 11.3 Å². The van der Waals surface area contributed by atoms with Crippen molar-refractivity contribution < 1.29 is 18.8 Å². The van der Waals surface area contributed by atoms with Crippen molar-refractivity contribution in [1.29, 1.82) is 0 Å². The normalized spacial score (nSPS) is 16.5. The summed E-state index contributed by atoms with van der Waals surface area (Å²) in [5, 5.41) is 5.25. The van der Waals surface area contributed by atoms with Gasteiger partial charge in [-0.05, 0) is 36.4 Å². The van der Waals surface area contributed by atoms with Crippen molar-refractivity contribution in [3.8, 4) is 0 Å². The quantitative estimate of drug-likeness (QED) is 0.882. The molecule has 0 unspecified atom stereocenters. The van der Waals surface area contributed by atoms with Gasteiger partial charge in [-0.15, -0.1) is 0 Å². The van der Waals surface area contributed by atoms with E-state index in [9.17, 15) is 18.8 Å². The standard InChI is InChI=1S/C19H18FN3O3/c1-21-18(25)12-6-8-14(9-7-12)22-19(26)13-10-17(24)23(11-13)16-5-3-2-4-15(16)20/h2-9,13H,10-11H2,1H3,(H,21,25)(H,22,26)/t13-/m1/s1. The van der Waals surface area contributed by atoms with Crippen LogP contribution in [0, 0.1) is 11.7 Å². The Morgan fingerprint density at radius 3 is 2.46 bits per heavy atom. The first-order chi connectivity index (χ1) is 12.5. The molecule has 3 amide bonds. The van der Waals surface area contributed by atoms with Crippen LogP contribution in [0.5, 0.6) is 0 Å². The molecule has 1 fully saturated rings. The first-order valence-electron chi connectivity index (χ1n) is 8.17. The van der Waals surface area contributed by atoms with Crippen LogP contribution < -0.4 is 15.5 Å². The molecule has 0 bridgehead atoms. The summed E-state index contributed by atoms with van der Waals surface area (Å²) in [5.74, 6) is -1.88. The van der Waals surface area contributed by atoms with Crippen molar-refractivity contribution in [2.45, 2.75) is 6.42 Å². The van der Waals surface area contributed by atoms with Gasteiger partial charge in [-0.3, -0.25) is 14.4 Å². The molecule has 0 radical (unpaired) electrons. The molecule has 0 spiro atoms. The summed E-state index contributed by atoms with van der Waals surface area (Å²) < 4.78 is 13.9. The fourth-order valence-corrected chi connectivity index (χ4v) is 2.88. The van der Waals surface area contributed by atoms with Gasteiger partial charge in [0, 0.05) is 31.3 Å². The number of hydrogen-bond donors (Lipinski definition) is 2. The predicted octanol–water partition coefficient (Wildman–Crippen LogP) is 2.18. The molecule has 1 aliphatic rings. The van der Waals surface area contributed by atoms with E-state index in [2.05, 4.69) is 10.6 Å². The lowest BCUT2D eigenvalue weighted by Crippen LogP contribution is -2.28. The molecule has 0 saturated carbocycles. The molecular weight excluding hydrogens is 337 g/mol. The van der Waals surface area contributed by atoms with Crippen molar-refractivity contribution in [1.82, 2.24) is 5.32 Å². The number of nitrogens with one attached hydrogen (secondary N) is 2. The summed E-state index contributed by atoms with van der Waals surface area (Å²) in [6.45, 7) is 0.127. The zero-order valence-corrected chi connectivity index (χ0v) is 14.2. The number of carbonyl (C=O) groups excluding carboxylic acids is 3. The van der Waals surface area contributed by atoms with Crippen LogP contribution in [0.1, 0.15) is 16.8 Å². The van der Waals surface area contributed by atoms with Crippen LogP contribution in [-0.4, -0.2) is 31.3 Å². The Morgan fingerprint density at radius 1 is 1.12 bits per heavy atom. The number of benzene rings is 2. The highest BCUT2D eigenvalue weighted by atomic mass is 19.1. The smallest absolute Gasteiger partial charge is 0.251 e. The predicted molar refractivity (Wildman–Crippen MR) is 95.3 cm³/mol. The van der Waals surface area contributed by atoms with Crippen LogP contribution in [0.4, 0.5) is 15.8 Å². The molecule has 1 atom stereocenters. The Kier molecular flexibility index (Phi) is 4.97. The van der Waals surface area contributed by atoms with Gasteiger partial charge in [-0.1, -0.05) is 12.1 Å². The zero-order valence-electron chi connectivity index (χ0n) is 14.2. The molecule has 3 rings (SSSR count). The molecule has 0 aliphatic carbocycles. The molecule has 2 N–H and O–H groups in total. The molecule has 134 valence electrons. The maximum absolute atomic E-state index is 13.9. The van der Waals surface area contributed by atoms with Crippen LogP contribution in [0.2, 0.25) is 0 Å². The lowest BCUT2D eigenvalue weighted by atomic mass is 10.1. The number of nitrogens with zero attached hydrogens (tertiary/aromatic N) is 1. The number of hydrogen-bond acceptors (Lipinski definition) is 3. The van der Waals surface area contributed by atoms with Crippen molar-refractivity contribution in [3.05, 3.63) is 59.9 Å². The third kappa shape index (κ3) is 3.56. The van der Waals surface area contributed by atoms with E-state index < -0.39 is 11.7 Å². The lowest BCUT2D eigenvalue weighted by molar-refractivity contribution is -0.122. The summed E-state index contributed by atoms with van der Waals surface area (Å²) in [6.07, 6.45) is 0.0243. The highest BCUT2D eigenvalue weighted by Crippen LogP contribution is 2.28. The van der Waals surface area contributed by atoms with Gasteiger partial charge in [-0.2, -0.15) is 0 Å². The first kappa shape index (κ1) is 17.6. The molecule has 0 aromatic heterocycles. The SMILES string of the molecule is CNC(=O)c1ccc(NC(=O)[C@@H]2CC(=O)N(c3ccccc3F)C2)cc1. The van der Waals surface area contributed by atoms with Crippen molar-refractivity contribution in [2.24, 2.45) is 5.92 Å². The number of para-hydroxylation sites is 1. The molecule has 7 heteroatoms. The molecule has 1 aliphatic heterocycles. The molecule has 1 heterocycles. The molecule has 1 saturated heterocycles. The van der Waals surface area contributed by atoms with Gasteiger partial charge in [0.2, 0.25) is 11.8 Å². The minimum atomic E-state index is -0.569. The Morgan fingerprint density at radius 2 is 1.81 bits per heavy atom. The van der Waals surface area contributed by atoms with Crippen LogP contribution in [-0.2, 0) is 9.59 Å². The first-order valence-corrected chi connectivity index (χ1v) is 8.17. The van der Waals surface area contributed by atoms with Gasteiger partial charge in [-0.25, -0.2) is 4.39 Å². The van der Waals surface area contributed by atoms with E-state index in [-0.39, 0.29) is 36.4 Å². The van der Waals surface area contributed by atoms with Crippen LogP contribution in [0.3, 0.4) is 0 Å². The van der Waals surface area contributed by atoms with Crippen LogP contribution in [0.15, 0.2) is 48.5 Å². The minimum absolute atomic E-state index is 0.0243. The van der Waals surface area contributed by atoms with E-state index in [1.54, 1.807) is 36.4 Å². The largest absolute Gasteiger partial charge is 0.355 e. The molecular formula is C19H18FN3O3. The van der Waals surface area contributed by atoms with E-state index in [1.807, 2.05) is 0 Å². The summed E-state index contributed by atoms with van der Waals surface area (Å²) in [7, 11) is 1.54. The average Bonchev–Trinajstić information content (AvgIpc) is 3.04. The monoisotopic (exact) mass is 355 g/mol. The fourth-order valence-electron chi connectivity index (χ4n) is 2.88. The lowest BCUT2D eigenvalue weighted by Gasteiger charge is -2.17. The Bertz CT molecular complexity index is 851. The van der Waals surface area contributed by atoms with Gasteiger partial charge in [0.15, 0.2) is 0 Å². The third-order valence-corrected chi connectivity index (χ3v) is 4.28. The molecule has 6 nitrogen and oxygen atoms in total. The summed E-state index contributed by atoms with van der Waals surface area (Å²) in [6, 6.07) is 12.4.